The van der Waals surface area contributed by atoms with Gasteiger partial charge in [-0.3, -0.25) is 4.79 Å². The Hall–Kier alpha value is -2.33. The number of benzene rings is 2. The molecule has 0 amide bonds. The van der Waals surface area contributed by atoms with Crippen molar-refractivity contribution in [3.8, 4) is 11.5 Å². The first-order valence-electron chi connectivity index (χ1n) is 8.73. The highest BCUT2D eigenvalue weighted by Gasteiger charge is 2.37. The topological polar surface area (TPSA) is 55.8 Å². The Kier molecular flexibility index (Phi) is 5.09. The molecule has 0 aromatic heterocycles. The fourth-order valence-corrected chi connectivity index (χ4v) is 3.47. The van der Waals surface area contributed by atoms with Gasteiger partial charge in [0.25, 0.3) is 0 Å². The molecule has 4 nitrogen and oxygen atoms in total. The zero-order valence-corrected chi connectivity index (χ0v) is 14.9. The van der Waals surface area contributed by atoms with Crippen molar-refractivity contribution in [1.29, 1.82) is 0 Å². The van der Waals surface area contributed by atoms with E-state index in [9.17, 15) is 9.90 Å². The van der Waals surface area contributed by atoms with E-state index < -0.39 is 6.10 Å². The van der Waals surface area contributed by atoms with Crippen molar-refractivity contribution < 1.29 is 19.4 Å². The maximum atomic E-state index is 11.1. The molecule has 1 N–H and O–H groups in total. The summed E-state index contributed by atoms with van der Waals surface area (Å²) in [5.41, 5.74) is 2.92. The summed E-state index contributed by atoms with van der Waals surface area (Å²) in [4.78, 5) is 11.1. The number of rotatable bonds is 4. The molecule has 2 aromatic rings. The quantitative estimate of drug-likeness (QED) is 0.666. The number of hydrogen-bond donors (Lipinski definition) is 1. The fourth-order valence-electron chi connectivity index (χ4n) is 3.47. The Bertz CT molecular complexity index is 751. The first-order valence-corrected chi connectivity index (χ1v) is 8.73. The average Bonchev–Trinajstić information content (AvgIpc) is 2.56. The van der Waals surface area contributed by atoms with Crippen molar-refractivity contribution in [3.05, 3.63) is 59.2 Å². The number of hydrogen-bond acceptors (Lipinski definition) is 4. The number of aliphatic hydroxyl groups is 1. The van der Waals surface area contributed by atoms with Crippen molar-refractivity contribution in [3.63, 3.8) is 0 Å². The van der Waals surface area contributed by atoms with Crippen LogP contribution in [0.5, 0.6) is 11.5 Å². The lowest BCUT2D eigenvalue weighted by molar-refractivity contribution is -0.131. The number of carbonyl (C=O) groups excluding carboxylic acids is 1. The molecule has 3 unspecified atom stereocenters. The van der Waals surface area contributed by atoms with Gasteiger partial charge in [-0.15, -0.1) is 0 Å². The third kappa shape index (κ3) is 3.69. The molecular weight excluding hydrogens is 316 g/mol. The summed E-state index contributed by atoms with van der Waals surface area (Å²) in [6.07, 6.45) is 1.12. The number of carbonyl (C=O) groups is 1. The normalized spacial score (nSPS) is 22.0. The van der Waals surface area contributed by atoms with Gasteiger partial charge in [0.2, 0.25) is 0 Å². The van der Waals surface area contributed by atoms with Gasteiger partial charge in [0.15, 0.2) is 0 Å². The highest BCUT2D eigenvalue weighted by atomic mass is 16.5. The molecule has 0 saturated heterocycles. The second-order valence-corrected chi connectivity index (χ2v) is 6.62. The summed E-state index contributed by atoms with van der Waals surface area (Å²) in [6.45, 7) is 5.51. The lowest BCUT2D eigenvalue weighted by Gasteiger charge is -2.38. The molecule has 3 atom stereocenters. The molecule has 2 aromatic carbocycles. The third-order valence-corrected chi connectivity index (χ3v) is 4.61. The molecule has 132 valence electrons. The average molecular weight is 340 g/mol. The van der Waals surface area contributed by atoms with Crippen molar-refractivity contribution in [2.45, 2.75) is 51.7 Å². The molecular formula is C21H24O4. The first-order chi connectivity index (χ1) is 12.0. The number of fused-ring (bicyclic) bond motifs is 1. The van der Waals surface area contributed by atoms with Crippen LogP contribution in [0.2, 0.25) is 0 Å². The second-order valence-electron chi connectivity index (χ2n) is 6.62. The highest BCUT2D eigenvalue weighted by Crippen LogP contribution is 2.45. The molecule has 3 rings (SSSR count). The van der Waals surface area contributed by atoms with Crippen LogP contribution in [0.3, 0.4) is 0 Å². The van der Waals surface area contributed by atoms with Crippen LogP contribution in [0.15, 0.2) is 42.5 Å². The van der Waals surface area contributed by atoms with E-state index in [-0.39, 0.29) is 18.0 Å². The van der Waals surface area contributed by atoms with Crippen LogP contribution in [-0.4, -0.2) is 17.2 Å². The number of aliphatic hydroxyl groups excluding tert-OH is 1. The van der Waals surface area contributed by atoms with Gasteiger partial charge in [-0.1, -0.05) is 37.6 Å². The van der Waals surface area contributed by atoms with E-state index in [1.807, 2.05) is 37.3 Å². The number of aryl methyl sites for hydroxylation is 1. The fraction of sp³-hybridized carbons (Fsp3) is 0.381. The molecule has 0 saturated carbocycles. The molecule has 0 aliphatic carbocycles. The van der Waals surface area contributed by atoms with E-state index in [1.165, 1.54) is 6.92 Å². The van der Waals surface area contributed by atoms with Gasteiger partial charge in [0.05, 0.1) is 12.0 Å². The zero-order chi connectivity index (χ0) is 18.0. The first kappa shape index (κ1) is 17.5. The van der Waals surface area contributed by atoms with Crippen LogP contribution < -0.4 is 9.47 Å². The monoisotopic (exact) mass is 340 g/mol. The summed E-state index contributed by atoms with van der Waals surface area (Å²) < 4.78 is 11.3. The van der Waals surface area contributed by atoms with E-state index in [2.05, 4.69) is 6.92 Å². The van der Waals surface area contributed by atoms with E-state index in [0.29, 0.717) is 5.75 Å². The van der Waals surface area contributed by atoms with Gasteiger partial charge in [-0.25, -0.2) is 0 Å². The minimum Gasteiger partial charge on any atom is -0.489 e. The van der Waals surface area contributed by atoms with E-state index in [1.54, 1.807) is 12.1 Å². The minimum absolute atomic E-state index is 0.0890. The third-order valence-electron chi connectivity index (χ3n) is 4.61. The number of ether oxygens (including phenoxy) is 2. The standard InChI is InChI=1S/C21H24O4/c1-4-5-18-20(15-7-9-16(10-8-15)24-14(3)22)21(23)17-11-6-13(2)12-19(17)25-18/h6-12,18,20-21,23H,4-5H2,1-3H3. The van der Waals surface area contributed by atoms with Crippen LogP contribution >= 0.6 is 0 Å². The van der Waals surface area contributed by atoms with Gasteiger partial charge < -0.3 is 14.6 Å². The lowest BCUT2D eigenvalue weighted by Crippen LogP contribution is -2.34. The minimum atomic E-state index is -0.625. The van der Waals surface area contributed by atoms with Crippen LogP contribution in [0.4, 0.5) is 0 Å². The van der Waals surface area contributed by atoms with Crippen LogP contribution in [0, 0.1) is 6.92 Å². The van der Waals surface area contributed by atoms with Gasteiger partial charge >= 0.3 is 5.97 Å². The van der Waals surface area contributed by atoms with Crippen LogP contribution in [0.1, 0.15) is 55.4 Å². The van der Waals surface area contributed by atoms with E-state index in [4.69, 9.17) is 9.47 Å². The number of esters is 1. The zero-order valence-electron chi connectivity index (χ0n) is 14.9. The summed E-state index contributed by atoms with van der Waals surface area (Å²) in [5.74, 6) is 0.785. The lowest BCUT2D eigenvalue weighted by atomic mass is 9.80. The Labute approximate surface area is 148 Å². The summed E-state index contributed by atoms with van der Waals surface area (Å²) >= 11 is 0. The van der Waals surface area contributed by atoms with Gasteiger partial charge in [-0.05, 0) is 42.7 Å². The maximum Gasteiger partial charge on any atom is 0.308 e. The van der Waals surface area contributed by atoms with Crippen LogP contribution in [0.25, 0.3) is 0 Å². The second kappa shape index (κ2) is 7.28. The Morgan fingerprint density at radius 3 is 2.56 bits per heavy atom. The van der Waals surface area contributed by atoms with Crippen molar-refractivity contribution >= 4 is 5.97 Å². The van der Waals surface area contributed by atoms with Crippen molar-refractivity contribution in [2.24, 2.45) is 0 Å². The molecule has 25 heavy (non-hydrogen) atoms. The van der Waals surface area contributed by atoms with Gasteiger partial charge in [0.1, 0.15) is 17.6 Å². The smallest absolute Gasteiger partial charge is 0.308 e. The molecule has 0 spiro atoms. The maximum absolute atomic E-state index is 11.1. The molecule has 4 heteroatoms. The Morgan fingerprint density at radius 2 is 1.92 bits per heavy atom. The molecule has 0 radical (unpaired) electrons. The van der Waals surface area contributed by atoms with Gasteiger partial charge in [0, 0.05) is 12.5 Å². The Balaban J connectivity index is 1.94. The molecule has 1 heterocycles. The molecule has 0 bridgehead atoms. The molecule has 1 aliphatic rings. The van der Waals surface area contributed by atoms with E-state index in [0.717, 1.165) is 35.3 Å². The predicted molar refractivity (Wildman–Crippen MR) is 96.0 cm³/mol. The predicted octanol–water partition coefficient (Wildman–Crippen LogP) is 4.30. The summed E-state index contributed by atoms with van der Waals surface area (Å²) in [7, 11) is 0. The van der Waals surface area contributed by atoms with Crippen LogP contribution in [-0.2, 0) is 4.79 Å². The molecule has 1 aliphatic heterocycles. The summed E-state index contributed by atoms with van der Waals surface area (Å²) in [6, 6.07) is 13.2. The van der Waals surface area contributed by atoms with Gasteiger partial charge in [-0.2, -0.15) is 0 Å². The highest BCUT2D eigenvalue weighted by molar-refractivity contribution is 5.69. The van der Waals surface area contributed by atoms with Crippen molar-refractivity contribution in [1.82, 2.24) is 0 Å². The van der Waals surface area contributed by atoms with E-state index >= 15 is 0 Å². The Morgan fingerprint density at radius 1 is 1.20 bits per heavy atom. The molecule has 0 fully saturated rings. The summed E-state index contributed by atoms with van der Waals surface area (Å²) in [5, 5.41) is 11.0. The van der Waals surface area contributed by atoms with Crippen molar-refractivity contribution in [2.75, 3.05) is 0 Å². The SMILES string of the molecule is CCCC1Oc2cc(C)ccc2C(O)C1c1ccc(OC(C)=O)cc1. The largest absolute Gasteiger partial charge is 0.489 e.